The van der Waals surface area contributed by atoms with E-state index in [9.17, 15) is 13.2 Å². The third kappa shape index (κ3) is 3.53. The van der Waals surface area contributed by atoms with Crippen LogP contribution >= 0.6 is 11.3 Å². The van der Waals surface area contributed by atoms with Crippen molar-refractivity contribution in [2.45, 2.75) is 0 Å². The monoisotopic (exact) mass is 436 g/mol. The van der Waals surface area contributed by atoms with Gasteiger partial charge in [0.1, 0.15) is 10.8 Å². The number of nitrogens with one attached hydrogen (secondary N) is 1. The molecule has 7 nitrogen and oxygen atoms in total. The minimum Gasteiger partial charge on any atom is -0.330 e. The lowest BCUT2D eigenvalue weighted by Crippen LogP contribution is -2.37. The predicted octanol–water partition coefficient (Wildman–Crippen LogP) is 3.40. The number of rotatable bonds is 3. The van der Waals surface area contributed by atoms with E-state index in [2.05, 4.69) is 14.7 Å². The highest BCUT2D eigenvalue weighted by Gasteiger charge is 2.25. The van der Waals surface area contributed by atoms with Crippen LogP contribution in [0.15, 0.2) is 76.9 Å². The number of nitrogens with zero attached hydrogens (tertiary/aromatic N) is 3. The van der Waals surface area contributed by atoms with Crippen LogP contribution in [-0.4, -0.2) is 42.3 Å². The predicted molar refractivity (Wildman–Crippen MR) is 119 cm³/mol. The maximum absolute atomic E-state index is 12.9. The van der Waals surface area contributed by atoms with Crippen molar-refractivity contribution in [2.75, 3.05) is 17.6 Å². The van der Waals surface area contributed by atoms with Crippen LogP contribution in [0.5, 0.6) is 0 Å². The third-order valence-corrected chi connectivity index (χ3v) is 7.02. The molecule has 2 aliphatic heterocycles. The number of carbonyl (C=O) groups is 1. The molecule has 0 fully saturated rings. The lowest BCUT2D eigenvalue weighted by Gasteiger charge is -2.27. The number of anilines is 1. The van der Waals surface area contributed by atoms with Gasteiger partial charge >= 0.3 is 0 Å². The van der Waals surface area contributed by atoms with Crippen molar-refractivity contribution in [1.82, 2.24) is 9.88 Å². The Labute approximate surface area is 177 Å². The quantitative estimate of drug-likeness (QED) is 0.679. The highest BCUT2D eigenvalue weighted by molar-refractivity contribution is 7.90. The number of benzene rings is 2. The van der Waals surface area contributed by atoms with Gasteiger partial charge in [0.15, 0.2) is 0 Å². The first-order valence-corrected chi connectivity index (χ1v) is 11.7. The fourth-order valence-corrected chi connectivity index (χ4v) is 5.27. The van der Waals surface area contributed by atoms with E-state index in [4.69, 9.17) is 0 Å². The molecule has 2 aromatic carbocycles. The van der Waals surface area contributed by atoms with Crippen LogP contribution in [0, 0.1) is 0 Å². The summed E-state index contributed by atoms with van der Waals surface area (Å²) < 4.78 is 28.1. The fourth-order valence-electron chi connectivity index (χ4n) is 3.30. The average Bonchev–Trinajstić information content (AvgIpc) is 3.17. The zero-order valence-electron chi connectivity index (χ0n) is 15.6. The zero-order chi connectivity index (χ0) is 20.7. The van der Waals surface area contributed by atoms with E-state index in [0.29, 0.717) is 17.1 Å². The lowest BCUT2D eigenvalue weighted by molar-refractivity contribution is -0.112. The van der Waals surface area contributed by atoms with Gasteiger partial charge in [-0.15, -0.1) is 15.7 Å². The Morgan fingerprint density at radius 1 is 1.07 bits per heavy atom. The molecule has 0 bridgehead atoms. The highest BCUT2D eigenvalue weighted by Crippen LogP contribution is 2.34. The molecular weight excluding hydrogens is 420 g/mol. The molecular formula is C21H16N4O3S2. The number of fused-ring (bicyclic) bond motifs is 2. The highest BCUT2D eigenvalue weighted by atomic mass is 32.2. The molecule has 1 aromatic heterocycles. The van der Waals surface area contributed by atoms with Crippen LogP contribution in [0.3, 0.4) is 0 Å². The van der Waals surface area contributed by atoms with Gasteiger partial charge in [0.25, 0.3) is 15.9 Å². The van der Waals surface area contributed by atoms with Gasteiger partial charge < -0.3 is 10.2 Å². The number of para-hydroxylation sites is 2. The van der Waals surface area contributed by atoms with Gasteiger partial charge in [-0.05, 0) is 36.4 Å². The van der Waals surface area contributed by atoms with Crippen LogP contribution < -0.4 is 5.32 Å². The summed E-state index contributed by atoms with van der Waals surface area (Å²) in [7, 11) is -3.43. The van der Waals surface area contributed by atoms with Gasteiger partial charge in [-0.3, -0.25) is 4.79 Å². The number of aromatic nitrogens is 1. The Morgan fingerprint density at radius 2 is 1.87 bits per heavy atom. The summed E-state index contributed by atoms with van der Waals surface area (Å²) in [5.74, 6) is -0.0316. The number of carbonyl (C=O) groups excluding carboxylic acids is 1. The first-order valence-electron chi connectivity index (χ1n) is 9.24. The largest absolute Gasteiger partial charge is 0.330 e. The molecule has 3 heterocycles. The minimum absolute atomic E-state index is 0.0732. The third-order valence-electron chi connectivity index (χ3n) is 4.79. The van der Waals surface area contributed by atoms with Crippen molar-refractivity contribution in [3.8, 4) is 10.6 Å². The first kappa shape index (κ1) is 18.7. The fraction of sp³-hybridized carbons (Fsp3) is 0.0952. The smallest absolute Gasteiger partial charge is 0.257 e. The molecule has 0 radical (unpaired) electrons. The maximum atomic E-state index is 12.9. The number of hydrogen-bond acceptors (Lipinski definition) is 6. The molecule has 0 atom stereocenters. The molecule has 3 aromatic rings. The number of thiazole rings is 1. The van der Waals surface area contributed by atoms with Crippen LogP contribution in [0.4, 0.5) is 5.69 Å². The summed E-state index contributed by atoms with van der Waals surface area (Å²) in [5.41, 5.74) is 2.85. The number of amides is 1. The molecule has 1 amide bonds. The van der Waals surface area contributed by atoms with Crippen LogP contribution in [0.1, 0.15) is 0 Å². The Bertz CT molecular complexity index is 1340. The normalized spacial score (nSPS) is 17.3. The van der Waals surface area contributed by atoms with Gasteiger partial charge in [-0.2, -0.15) is 0 Å². The lowest BCUT2D eigenvalue weighted by atomic mass is 10.1. The van der Waals surface area contributed by atoms with Crippen molar-refractivity contribution < 1.29 is 13.2 Å². The number of hydrogen-bond donors (Lipinski definition) is 1. The molecule has 5 rings (SSSR count). The molecule has 30 heavy (non-hydrogen) atoms. The van der Waals surface area contributed by atoms with Crippen molar-refractivity contribution in [1.29, 1.82) is 0 Å². The summed E-state index contributed by atoms with van der Waals surface area (Å²) in [6, 6.07) is 15.4. The van der Waals surface area contributed by atoms with Gasteiger partial charge in [0.2, 0.25) is 0 Å². The number of amidine groups is 1. The van der Waals surface area contributed by atoms with Crippen LogP contribution in [0.25, 0.3) is 20.8 Å². The zero-order valence-corrected chi connectivity index (χ0v) is 17.3. The standard InChI is InChI=1S/C21H16N4O3S2/c26-20(14-9-10-19-24-30(27,28)12-11-25(19)13-14)22-16-6-2-1-5-15(16)21-23-17-7-3-4-8-18(17)29-21/h1-10,13H,11-12H2,(H,22,26). The first-order chi connectivity index (χ1) is 14.5. The second-order valence-electron chi connectivity index (χ2n) is 6.83. The summed E-state index contributed by atoms with van der Waals surface area (Å²) in [6.07, 6.45) is 4.75. The van der Waals surface area contributed by atoms with Gasteiger partial charge in [-0.25, -0.2) is 13.4 Å². The van der Waals surface area contributed by atoms with Crippen LogP contribution in [0.2, 0.25) is 0 Å². The van der Waals surface area contributed by atoms with Crippen molar-refractivity contribution >= 4 is 49.0 Å². The van der Waals surface area contributed by atoms with Crippen molar-refractivity contribution in [3.63, 3.8) is 0 Å². The summed E-state index contributed by atoms with van der Waals surface area (Å²) in [4.78, 5) is 19.3. The second kappa shape index (κ2) is 7.19. The summed E-state index contributed by atoms with van der Waals surface area (Å²) in [6.45, 7) is 0.268. The maximum Gasteiger partial charge on any atom is 0.257 e. The van der Waals surface area contributed by atoms with E-state index >= 15 is 0 Å². The second-order valence-corrected chi connectivity index (χ2v) is 9.62. The van der Waals surface area contributed by atoms with Gasteiger partial charge in [-0.1, -0.05) is 24.3 Å². The van der Waals surface area contributed by atoms with E-state index in [1.54, 1.807) is 34.6 Å². The Kier molecular flexibility index (Phi) is 4.48. The Balaban J connectivity index is 1.43. The molecule has 2 aliphatic rings. The molecule has 0 saturated carbocycles. The molecule has 0 saturated heterocycles. The topological polar surface area (TPSA) is 91.7 Å². The SMILES string of the molecule is O=C(Nc1ccccc1-c1nc2ccccc2s1)C1=CN2CCS(=O)(=O)N=C2C=C1. The van der Waals surface area contributed by atoms with Crippen molar-refractivity contribution in [2.24, 2.45) is 4.40 Å². The van der Waals surface area contributed by atoms with Gasteiger partial charge in [0.05, 0.1) is 27.2 Å². The average molecular weight is 437 g/mol. The Hall–Kier alpha value is -3.30. The molecule has 9 heteroatoms. The van der Waals surface area contributed by atoms with Crippen molar-refractivity contribution in [3.05, 3.63) is 72.5 Å². The molecule has 1 N–H and O–H groups in total. The minimum atomic E-state index is -3.43. The van der Waals surface area contributed by atoms with E-state index in [1.165, 1.54) is 0 Å². The van der Waals surface area contributed by atoms with E-state index in [0.717, 1.165) is 20.8 Å². The number of sulfonamides is 1. The van der Waals surface area contributed by atoms with E-state index in [-0.39, 0.29) is 18.2 Å². The molecule has 0 aliphatic carbocycles. The molecule has 150 valence electrons. The van der Waals surface area contributed by atoms with Crippen LogP contribution in [-0.2, 0) is 14.8 Å². The van der Waals surface area contributed by atoms with E-state index in [1.807, 2.05) is 48.5 Å². The molecule has 0 unspecified atom stereocenters. The van der Waals surface area contributed by atoms with E-state index < -0.39 is 10.0 Å². The molecule has 0 spiro atoms. The summed E-state index contributed by atoms with van der Waals surface area (Å²) >= 11 is 1.57. The van der Waals surface area contributed by atoms with Gasteiger partial charge in [0, 0.05) is 18.3 Å². The summed E-state index contributed by atoms with van der Waals surface area (Å²) in [5, 5.41) is 3.79. The Morgan fingerprint density at radius 3 is 2.73 bits per heavy atom.